The Morgan fingerprint density at radius 3 is 2.11 bits per heavy atom. The summed E-state index contributed by atoms with van der Waals surface area (Å²) in [6.07, 6.45) is 2.49. The summed E-state index contributed by atoms with van der Waals surface area (Å²) in [7, 11) is 0. The van der Waals surface area contributed by atoms with Crippen molar-refractivity contribution in [2.75, 3.05) is 5.88 Å². The maximum atomic E-state index is 12.4. The second-order valence-corrected chi connectivity index (χ2v) is 4.59. The molecule has 0 saturated carbocycles. The van der Waals surface area contributed by atoms with Gasteiger partial charge < -0.3 is 0 Å². The first-order valence-corrected chi connectivity index (χ1v) is 6.76. The first kappa shape index (κ1) is 13.6. The summed E-state index contributed by atoms with van der Waals surface area (Å²) in [6.45, 7) is 0. The van der Waals surface area contributed by atoms with Gasteiger partial charge in [-0.05, 0) is 18.1 Å². The van der Waals surface area contributed by atoms with Crippen molar-refractivity contribution in [2.45, 2.75) is 6.42 Å². The van der Waals surface area contributed by atoms with Crippen LogP contribution in [0.25, 0.3) is 6.08 Å². The number of ketones is 1. The summed E-state index contributed by atoms with van der Waals surface area (Å²) >= 11 is 5.80. The van der Waals surface area contributed by atoms with Gasteiger partial charge in [0, 0.05) is 17.0 Å². The Bertz CT molecular complexity index is 558. The highest BCUT2D eigenvalue weighted by Crippen LogP contribution is 2.16. The van der Waals surface area contributed by atoms with Crippen LogP contribution in [0, 0.1) is 0 Å². The molecular formula is C17H15ClO. The summed E-state index contributed by atoms with van der Waals surface area (Å²) in [5, 5.41) is 0. The molecular weight excluding hydrogens is 256 g/mol. The zero-order valence-corrected chi connectivity index (χ0v) is 11.3. The maximum absolute atomic E-state index is 12.4. The van der Waals surface area contributed by atoms with E-state index in [0.717, 1.165) is 11.1 Å². The molecule has 96 valence electrons. The van der Waals surface area contributed by atoms with Crippen LogP contribution in [0.15, 0.2) is 66.2 Å². The van der Waals surface area contributed by atoms with Crippen molar-refractivity contribution in [1.29, 1.82) is 0 Å². The quantitative estimate of drug-likeness (QED) is 0.441. The van der Waals surface area contributed by atoms with Crippen molar-refractivity contribution in [3.63, 3.8) is 0 Å². The molecule has 0 bridgehead atoms. The van der Waals surface area contributed by atoms with Gasteiger partial charge in [0.05, 0.1) is 0 Å². The van der Waals surface area contributed by atoms with Crippen LogP contribution in [0.4, 0.5) is 0 Å². The fraction of sp³-hybridized carbons (Fsp3) is 0.118. The highest BCUT2D eigenvalue weighted by atomic mass is 35.5. The van der Waals surface area contributed by atoms with E-state index in [1.165, 1.54) is 0 Å². The first-order chi connectivity index (χ1) is 9.31. The number of alkyl halides is 1. The lowest BCUT2D eigenvalue weighted by Crippen LogP contribution is -2.04. The van der Waals surface area contributed by atoms with Crippen LogP contribution in [0.2, 0.25) is 0 Å². The molecule has 19 heavy (non-hydrogen) atoms. The fourth-order valence-corrected chi connectivity index (χ4v) is 2.08. The highest BCUT2D eigenvalue weighted by Gasteiger charge is 2.11. The SMILES string of the molecule is O=C(/C(=C/c1ccccc1)CCCl)c1ccccc1. The van der Waals surface area contributed by atoms with Crippen molar-refractivity contribution in [3.8, 4) is 0 Å². The van der Waals surface area contributed by atoms with Gasteiger partial charge >= 0.3 is 0 Å². The smallest absolute Gasteiger partial charge is 0.189 e. The molecule has 0 N–H and O–H groups in total. The molecule has 0 aliphatic heterocycles. The van der Waals surface area contributed by atoms with Crippen LogP contribution in [0.5, 0.6) is 0 Å². The number of benzene rings is 2. The number of Topliss-reactive ketones (excluding diaryl/α,β-unsaturated/α-hetero) is 1. The molecule has 0 fully saturated rings. The number of rotatable bonds is 5. The van der Waals surface area contributed by atoms with E-state index in [1.54, 1.807) is 0 Å². The molecule has 0 saturated heterocycles. The van der Waals surface area contributed by atoms with Crippen LogP contribution in [-0.4, -0.2) is 11.7 Å². The summed E-state index contributed by atoms with van der Waals surface area (Å²) in [5.41, 5.74) is 2.47. The molecule has 2 rings (SSSR count). The zero-order chi connectivity index (χ0) is 13.5. The summed E-state index contributed by atoms with van der Waals surface area (Å²) < 4.78 is 0. The van der Waals surface area contributed by atoms with Crippen LogP contribution >= 0.6 is 11.6 Å². The Balaban J connectivity index is 2.31. The molecule has 0 aliphatic carbocycles. The van der Waals surface area contributed by atoms with E-state index < -0.39 is 0 Å². The van der Waals surface area contributed by atoms with Crippen LogP contribution in [0.3, 0.4) is 0 Å². The van der Waals surface area contributed by atoms with Crippen molar-refractivity contribution in [1.82, 2.24) is 0 Å². The average Bonchev–Trinajstić information content (AvgIpc) is 2.48. The minimum absolute atomic E-state index is 0.0464. The van der Waals surface area contributed by atoms with Crippen LogP contribution in [0.1, 0.15) is 22.3 Å². The lowest BCUT2D eigenvalue weighted by Gasteiger charge is -2.05. The van der Waals surface area contributed by atoms with E-state index in [2.05, 4.69) is 0 Å². The molecule has 0 radical (unpaired) electrons. The van der Waals surface area contributed by atoms with E-state index >= 15 is 0 Å². The predicted octanol–water partition coefficient (Wildman–Crippen LogP) is 4.58. The van der Waals surface area contributed by atoms with E-state index in [0.29, 0.717) is 17.9 Å². The number of allylic oxidation sites excluding steroid dienone is 1. The van der Waals surface area contributed by atoms with E-state index in [4.69, 9.17) is 11.6 Å². The van der Waals surface area contributed by atoms with Gasteiger partial charge in [0.1, 0.15) is 0 Å². The lowest BCUT2D eigenvalue weighted by molar-refractivity contribution is 0.103. The van der Waals surface area contributed by atoms with Gasteiger partial charge in [-0.25, -0.2) is 0 Å². The molecule has 2 aromatic rings. The molecule has 0 aromatic heterocycles. The van der Waals surface area contributed by atoms with Gasteiger partial charge in [-0.3, -0.25) is 4.79 Å². The number of carbonyl (C=O) groups excluding carboxylic acids is 1. The lowest BCUT2D eigenvalue weighted by atomic mass is 9.99. The van der Waals surface area contributed by atoms with Gasteiger partial charge in [-0.15, -0.1) is 11.6 Å². The van der Waals surface area contributed by atoms with E-state index in [9.17, 15) is 4.79 Å². The summed E-state index contributed by atoms with van der Waals surface area (Å²) in [5.74, 6) is 0.488. The Morgan fingerprint density at radius 1 is 0.947 bits per heavy atom. The number of hydrogen-bond acceptors (Lipinski definition) is 1. The predicted molar refractivity (Wildman–Crippen MR) is 80.5 cm³/mol. The maximum Gasteiger partial charge on any atom is 0.189 e. The molecule has 2 aromatic carbocycles. The Morgan fingerprint density at radius 2 is 1.53 bits per heavy atom. The van der Waals surface area contributed by atoms with Crippen molar-refractivity contribution < 1.29 is 4.79 Å². The largest absolute Gasteiger partial charge is 0.289 e. The Hall–Kier alpha value is -1.86. The Kier molecular flexibility index (Phi) is 4.93. The topological polar surface area (TPSA) is 17.1 Å². The van der Waals surface area contributed by atoms with Crippen LogP contribution in [-0.2, 0) is 0 Å². The zero-order valence-electron chi connectivity index (χ0n) is 10.6. The molecule has 2 heteroatoms. The van der Waals surface area contributed by atoms with Crippen molar-refractivity contribution >= 4 is 23.5 Å². The van der Waals surface area contributed by atoms with Gasteiger partial charge in [0.15, 0.2) is 5.78 Å². The fourth-order valence-electron chi connectivity index (χ4n) is 1.88. The van der Waals surface area contributed by atoms with E-state index in [-0.39, 0.29) is 5.78 Å². The van der Waals surface area contributed by atoms with Crippen molar-refractivity contribution in [3.05, 3.63) is 77.4 Å². The van der Waals surface area contributed by atoms with Gasteiger partial charge in [-0.2, -0.15) is 0 Å². The second kappa shape index (κ2) is 6.91. The van der Waals surface area contributed by atoms with Crippen LogP contribution < -0.4 is 0 Å². The third-order valence-corrected chi connectivity index (χ3v) is 3.02. The second-order valence-electron chi connectivity index (χ2n) is 4.21. The number of hydrogen-bond donors (Lipinski definition) is 0. The molecule has 1 nitrogen and oxygen atoms in total. The van der Waals surface area contributed by atoms with Gasteiger partial charge in [0.2, 0.25) is 0 Å². The molecule has 0 unspecified atom stereocenters. The number of carbonyl (C=O) groups is 1. The minimum Gasteiger partial charge on any atom is -0.289 e. The molecule has 0 spiro atoms. The third-order valence-electron chi connectivity index (χ3n) is 2.83. The number of halogens is 1. The molecule has 0 aliphatic rings. The standard InChI is InChI=1S/C17H15ClO/c18-12-11-16(13-14-7-3-1-4-8-14)17(19)15-9-5-2-6-10-15/h1-10,13H,11-12H2/b16-13+. The molecule has 0 heterocycles. The van der Waals surface area contributed by atoms with Crippen molar-refractivity contribution in [2.24, 2.45) is 0 Å². The van der Waals surface area contributed by atoms with Gasteiger partial charge in [-0.1, -0.05) is 60.7 Å². The summed E-state index contributed by atoms with van der Waals surface area (Å²) in [4.78, 5) is 12.4. The summed E-state index contributed by atoms with van der Waals surface area (Å²) in [6, 6.07) is 19.1. The third kappa shape index (κ3) is 3.80. The first-order valence-electron chi connectivity index (χ1n) is 6.22. The highest BCUT2D eigenvalue weighted by molar-refractivity contribution is 6.19. The normalized spacial score (nSPS) is 11.3. The van der Waals surface area contributed by atoms with Gasteiger partial charge in [0.25, 0.3) is 0 Å². The molecule has 0 amide bonds. The monoisotopic (exact) mass is 270 g/mol. The average molecular weight is 271 g/mol. The minimum atomic E-state index is 0.0464. The molecule has 0 atom stereocenters. The Labute approximate surface area is 118 Å². The van der Waals surface area contributed by atoms with E-state index in [1.807, 2.05) is 66.7 Å².